The molecule has 1 aromatic rings. The average molecular weight is 254 g/mol. The van der Waals surface area contributed by atoms with Crippen LogP contribution in [0.2, 0.25) is 5.02 Å². The zero-order valence-electron chi connectivity index (χ0n) is 9.02. The Morgan fingerprint density at radius 3 is 2.65 bits per heavy atom. The SMILES string of the molecule is NC(=O)N[C@@H]1CC(=O)N(c2ccc(Cl)cc2)C1. The van der Waals surface area contributed by atoms with Gasteiger partial charge in [-0.05, 0) is 24.3 Å². The Hall–Kier alpha value is -1.75. The summed E-state index contributed by atoms with van der Waals surface area (Å²) in [5.74, 6) is -0.0360. The number of hydrogen-bond acceptors (Lipinski definition) is 2. The smallest absolute Gasteiger partial charge is 0.312 e. The van der Waals surface area contributed by atoms with Crippen LogP contribution in [-0.2, 0) is 4.79 Å². The largest absolute Gasteiger partial charge is 0.352 e. The van der Waals surface area contributed by atoms with Gasteiger partial charge < -0.3 is 16.0 Å². The highest BCUT2D eigenvalue weighted by atomic mass is 35.5. The number of nitrogens with two attached hydrogens (primary N) is 1. The number of nitrogens with one attached hydrogen (secondary N) is 1. The van der Waals surface area contributed by atoms with E-state index >= 15 is 0 Å². The molecule has 0 radical (unpaired) electrons. The molecule has 2 rings (SSSR count). The lowest BCUT2D eigenvalue weighted by Crippen LogP contribution is -2.40. The second-order valence-corrected chi connectivity index (χ2v) is 4.33. The molecular weight excluding hydrogens is 242 g/mol. The summed E-state index contributed by atoms with van der Waals surface area (Å²) < 4.78 is 0. The first-order valence-electron chi connectivity index (χ1n) is 5.18. The van der Waals surface area contributed by atoms with Gasteiger partial charge in [0.2, 0.25) is 5.91 Å². The highest BCUT2D eigenvalue weighted by molar-refractivity contribution is 6.30. The molecule has 0 aliphatic carbocycles. The number of anilines is 1. The van der Waals surface area contributed by atoms with Gasteiger partial charge in [-0.2, -0.15) is 0 Å². The van der Waals surface area contributed by atoms with Crippen LogP contribution in [-0.4, -0.2) is 24.5 Å². The standard InChI is InChI=1S/C11H12ClN3O2/c12-7-1-3-9(4-2-7)15-6-8(5-10(15)16)14-11(13)17/h1-4,8H,5-6H2,(H3,13,14,17)/t8-/m1/s1. The highest BCUT2D eigenvalue weighted by Crippen LogP contribution is 2.23. The van der Waals surface area contributed by atoms with Crippen molar-refractivity contribution in [3.8, 4) is 0 Å². The maximum absolute atomic E-state index is 11.8. The Bertz CT molecular complexity index is 447. The molecule has 1 heterocycles. The van der Waals surface area contributed by atoms with E-state index in [4.69, 9.17) is 17.3 Å². The lowest BCUT2D eigenvalue weighted by atomic mass is 10.3. The Balaban J connectivity index is 2.10. The third kappa shape index (κ3) is 2.68. The zero-order valence-corrected chi connectivity index (χ0v) is 9.78. The lowest BCUT2D eigenvalue weighted by Gasteiger charge is -2.16. The molecule has 1 aliphatic heterocycles. The number of benzene rings is 1. The fraction of sp³-hybridized carbons (Fsp3) is 0.273. The second-order valence-electron chi connectivity index (χ2n) is 3.89. The van der Waals surface area contributed by atoms with Crippen LogP contribution in [0.25, 0.3) is 0 Å². The van der Waals surface area contributed by atoms with Gasteiger partial charge in [0, 0.05) is 23.7 Å². The van der Waals surface area contributed by atoms with Gasteiger partial charge in [0.1, 0.15) is 0 Å². The van der Waals surface area contributed by atoms with E-state index in [1.807, 2.05) is 0 Å². The third-order valence-electron chi connectivity index (χ3n) is 2.61. The van der Waals surface area contributed by atoms with Crippen molar-refractivity contribution in [2.24, 2.45) is 5.73 Å². The summed E-state index contributed by atoms with van der Waals surface area (Å²) in [5, 5.41) is 3.15. The van der Waals surface area contributed by atoms with E-state index in [0.29, 0.717) is 11.6 Å². The van der Waals surface area contributed by atoms with Gasteiger partial charge in [0.15, 0.2) is 0 Å². The normalized spacial score (nSPS) is 19.5. The summed E-state index contributed by atoms with van der Waals surface area (Å²) in [4.78, 5) is 24.1. The van der Waals surface area contributed by atoms with Crippen molar-refractivity contribution in [2.75, 3.05) is 11.4 Å². The number of amides is 3. The van der Waals surface area contributed by atoms with E-state index in [9.17, 15) is 9.59 Å². The maximum atomic E-state index is 11.8. The number of carbonyl (C=O) groups is 2. The Morgan fingerprint density at radius 1 is 1.41 bits per heavy atom. The topological polar surface area (TPSA) is 75.4 Å². The number of urea groups is 1. The Labute approximate surface area is 104 Å². The molecule has 3 amide bonds. The minimum atomic E-state index is -0.610. The first kappa shape index (κ1) is 11.7. The van der Waals surface area contributed by atoms with Crippen LogP contribution in [0.5, 0.6) is 0 Å². The van der Waals surface area contributed by atoms with E-state index in [-0.39, 0.29) is 18.4 Å². The molecule has 3 N–H and O–H groups in total. The van der Waals surface area contributed by atoms with Gasteiger partial charge in [-0.25, -0.2) is 4.79 Å². The molecule has 17 heavy (non-hydrogen) atoms. The minimum absolute atomic E-state index is 0.0360. The number of hydrogen-bond donors (Lipinski definition) is 2. The van der Waals surface area contributed by atoms with Crippen molar-refractivity contribution in [2.45, 2.75) is 12.5 Å². The molecule has 1 aromatic carbocycles. The summed E-state index contributed by atoms with van der Waals surface area (Å²) in [6.07, 6.45) is 0.269. The molecule has 1 saturated heterocycles. The van der Waals surface area contributed by atoms with Crippen molar-refractivity contribution >= 4 is 29.2 Å². The van der Waals surface area contributed by atoms with E-state index in [1.54, 1.807) is 29.2 Å². The maximum Gasteiger partial charge on any atom is 0.312 e. The van der Waals surface area contributed by atoms with Crippen molar-refractivity contribution in [3.05, 3.63) is 29.3 Å². The first-order chi connectivity index (χ1) is 8.06. The van der Waals surface area contributed by atoms with Crippen LogP contribution in [0.15, 0.2) is 24.3 Å². The molecular formula is C11H12ClN3O2. The van der Waals surface area contributed by atoms with Gasteiger partial charge in [-0.1, -0.05) is 11.6 Å². The van der Waals surface area contributed by atoms with Crippen molar-refractivity contribution < 1.29 is 9.59 Å². The Morgan fingerprint density at radius 2 is 2.06 bits per heavy atom. The van der Waals surface area contributed by atoms with Gasteiger partial charge in [-0.3, -0.25) is 4.79 Å². The van der Waals surface area contributed by atoms with Crippen LogP contribution >= 0.6 is 11.6 Å². The molecule has 0 spiro atoms. The van der Waals surface area contributed by atoms with E-state index in [2.05, 4.69) is 5.32 Å². The molecule has 0 aromatic heterocycles. The molecule has 0 bridgehead atoms. The number of halogens is 1. The molecule has 0 unspecified atom stereocenters. The summed E-state index contributed by atoms with van der Waals surface area (Å²) >= 11 is 5.78. The molecule has 1 atom stereocenters. The summed E-state index contributed by atoms with van der Waals surface area (Å²) in [5.41, 5.74) is 5.80. The molecule has 0 saturated carbocycles. The van der Waals surface area contributed by atoms with Crippen molar-refractivity contribution in [1.29, 1.82) is 0 Å². The van der Waals surface area contributed by atoms with Crippen LogP contribution in [0.4, 0.5) is 10.5 Å². The fourth-order valence-corrected chi connectivity index (χ4v) is 2.00. The first-order valence-corrected chi connectivity index (χ1v) is 5.56. The number of primary amides is 1. The molecule has 1 aliphatic rings. The molecule has 6 heteroatoms. The monoisotopic (exact) mass is 253 g/mol. The molecule has 1 fully saturated rings. The van der Waals surface area contributed by atoms with Crippen molar-refractivity contribution in [3.63, 3.8) is 0 Å². The van der Waals surface area contributed by atoms with Gasteiger partial charge in [0.25, 0.3) is 0 Å². The minimum Gasteiger partial charge on any atom is -0.352 e. The summed E-state index contributed by atoms with van der Waals surface area (Å²) in [6, 6.07) is 6.15. The van der Waals surface area contributed by atoms with Gasteiger partial charge >= 0.3 is 6.03 Å². The second kappa shape index (κ2) is 4.63. The molecule has 90 valence electrons. The van der Waals surface area contributed by atoms with E-state index in [0.717, 1.165) is 5.69 Å². The van der Waals surface area contributed by atoms with Gasteiger partial charge in [0.05, 0.1) is 6.04 Å². The van der Waals surface area contributed by atoms with Crippen LogP contribution in [0.3, 0.4) is 0 Å². The van der Waals surface area contributed by atoms with Gasteiger partial charge in [-0.15, -0.1) is 0 Å². The highest BCUT2D eigenvalue weighted by Gasteiger charge is 2.31. The average Bonchev–Trinajstić information content (AvgIpc) is 2.59. The third-order valence-corrected chi connectivity index (χ3v) is 2.86. The Kier molecular flexibility index (Phi) is 3.19. The summed E-state index contributed by atoms with van der Waals surface area (Å²) in [7, 11) is 0. The number of nitrogens with zero attached hydrogens (tertiary/aromatic N) is 1. The van der Waals surface area contributed by atoms with Crippen LogP contribution in [0, 0.1) is 0 Å². The molecule has 5 nitrogen and oxygen atoms in total. The van der Waals surface area contributed by atoms with Crippen molar-refractivity contribution in [1.82, 2.24) is 5.32 Å². The van der Waals surface area contributed by atoms with E-state index < -0.39 is 6.03 Å². The quantitative estimate of drug-likeness (QED) is 0.829. The summed E-state index contributed by atoms with van der Waals surface area (Å²) in [6.45, 7) is 0.434. The van der Waals surface area contributed by atoms with E-state index in [1.165, 1.54) is 0 Å². The number of rotatable bonds is 2. The zero-order chi connectivity index (χ0) is 12.4. The van der Waals surface area contributed by atoms with Crippen LogP contribution < -0.4 is 16.0 Å². The van der Waals surface area contributed by atoms with Crippen LogP contribution in [0.1, 0.15) is 6.42 Å². The fourth-order valence-electron chi connectivity index (χ4n) is 1.88. The lowest BCUT2D eigenvalue weighted by molar-refractivity contribution is -0.117. The predicted molar refractivity (Wildman–Crippen MR) is 64.9 cm³/mol. The number of carbonyl (C=O) groups excluding carboxylic acids is 2. The predicted octanol–water partition coefficient (Wildman–Crippen LogP) is 1.11.